The number of cyclic esters (lactones) is 1. The van der Waals surface area contributed by atoms with Crippen LogP contribution in [0.1, 0.15) is 80.6 Å². The van der Waals surface area contributed by atoms with Crippen molar-refractivity contribution in [1.29, 1.82) is 0 Å². The lowest BCUT2D eigenvalue weighted by Crippen LogP contribution is -2.48. The molecular weight excluding hydrogens is 621 g/mol. The fourth-order valence-electron chi connectivity index (χ4n) is 4.52. The molecule has 4 atom stereocenters. The van der Waals surface area contributed by atoms with E-state index in [0.29, 0.717) is 31.4 Å². The predicted octanol–water partition coefficient (Wildman–Crippen LogP) is 7.84. The van der Waals surface area contributed by atoms with Crippen molar-refractivity contribution in [3.8, 4) is 0 Å². The summed E-state index contributed by atoms with van der Waals surface area (Å²) < 4.78 is 11.1. The molecule has 0 aromatic rings. The lowest BCUT2D eigenvalue weighted by Gasteiger charge is -2.29. The Morgan fingerprint density at radius 3 is 2.48 bits per heavy atom. The highest BCUT2D eigenvalue weighted by molar-refractivity contribution is 8.76. The molecule has 1 rings (SSSR count). The summed E-state index contributed by atoms with van der Waals surface area (Å²) in [7, 11) is 3.46. The van der Waals surface area contributed by atoms with Crippen LogP contribution in [0.25, 0.3) is 0 Å². The Bertz CT molecular complexity index is 1180. The average molecular weight is 675 g/mol. The summed E-state index contributed by atoms with van der Waals surface area (Å²) in [6.07, 6.45) is 22.0. The van der Waals surface area contributed by atoms with Crippen LogP contribution in [0, 0.1) is 11.3 Å². The minimum atomic E-state index is -0.679. The van der Waals surface area contributed by atoms with Crippen LogP contribution >= 0.6 is 21.6 Å². The van der Waals surface area contributed by atoms with Crippen molar-refractivity contribution >= 4 is 45.3 Å². The number of Topliss-reactive ketones (excluding diaryl/α,β-unsaturated/α-hetero) is 1. The second kappa shape index (κ2) is 22.5. The van der Waals surface area contributed by atoms with Gasteiger partial charge in [-0.2, -0.15) is 0 Å². The topological polar surface area (TPSA) is 111 Å². The van der Waals surface area contributed by atoms with Crippen LogP contribution in [0.4, 0.5) is 4.79 Å². The van der Waals surface area contributed by atoms with E-state index in [4.69, 9.17) is 9.47 Å². The van der Waals surface area contributed by atoms with Gasteiger partial charge in [0, 0.05) is 55.5 Å². The Hall–Kier alpha value is -2.98. The van der Waals surface area contributed by atoms with E-state index in [9.17, 15) is 19.2 Å². The number of carbonyl (C=O) groups excluding carboxylic acids is 4. The van der Waals surface area contributed by atoms with E-state index in [1.807, 2.05) is 84.3 Å². The molecule has 0 saturated heterocycles. The quantitative estimate of drug-likeness (QED) is 0.0356. The van der Waals surface area contributed by atoms with Gasteiger partial charge in [0.25, 0.3) is 0 Å². The number of hydrogen-bond acceptors (Lipinski definition) is 8. The monoisotopic (exact) mass is 674 g/mol. The molecule has 0 aliphatic carbocycles. The summed E-state index contributed by atoms with van der Waals surface area (Å²) in [5.41, 5.74) is 1.14. The fourth-order valence-corrected chi connectivity index (χ4v) is 5.80. The Balaban J connectivity index is 2.66. The Morgan fingerprint density at radius 2 is 1.83 bits per heavy atom. The first-order valence-electron chi connectivity index (χ1n) is 15.9. The Morgan fingerprint density at radius 1 is 1.13 bits per heavy atom. The highest BCUT2D eigenvalue weighted by Crippen LogP contribution is 2.23. The number of ketones is 1. The maximum absolute atomic E-state index is 13.1. The molecule has 0 unspecified atom stereocenters. The molecule has 2 N–H and O–H groups in total. The van der Waals surface area contributed by atoms with E-state index in [1.54, 1.807) is 46.7 Å². The highest BCUT2D eigenvalue weighted by atomic mass is 33.1. The van der Waals surface area contributed by atoms with Crippen molar-refractivity contribution in [2.24, 2.45) is 11.3 Å². The van der Waals surface area contributed by atoms with Crippen molar-refractivity contribution in [2.45, 2.75) is 98.8 Å². The fraction of sp³-hybridized carbons (Fsp3) is 0.556. The number of rotatable bonds is 19. The summed E-state index contributed by atoms with van der Waals surface area (Å²) in [4.78, 5) is 49.9. The molecule has 0 spiro atoms. The zero-order valence-electron chi connectivity index (χ0n) is 28.8. The summed E-state index contributed by atoms with van der Waals surface area (Å²) in [5.74, 6) is 0.280. The number of nitrogens with one attached hydrogen (secondary N) is 2. The largest absolute Gasteiger partial charge is 0.458 e. The van der Waals surface area contributed by atoms with Crippen molar-refractivity contribution in [2.75, 3.05) is 18.6 Å². The zero-order valence-corrected chi connectivity index (χ0v) is 30.4. The van der Waals surface area contributed by atoms with Gasteiger partial charge in [0.15, 0.2) is 5.78 Å². The van der Waals surface area contributed by atoms with Crippen LogP contribution in [0.3, 0.4) is 0 Å². The van der Waals surface area contributed by atoms with Crippen LogP contribution in [-0.4, -0.2) is 60.6 Å². The smallest absolute Gasteiger partial charge is 0.407 e. The number of alkyl carbamates (subject to hydrolysis) is 1. The van der Waals surface area contributed by atoms with Crippen LogP contribution in [-0.2, 0) is 23.9 Å². The SMILES string of the molecule is C/C=C\C[C@@H](C/C=C\CC(=O)[C@@H](NC(=O)\C=C/C=C\C(C)=C\[C@H](C)[C@@H]1CC=C(C)C(=O)O1)C(C)(C)C)OC(=O)NCCCSSC. The summed E-state index contributed by atoms with van der Waals surface area (Å²) >= 11 is 0. The summed E-state index contributed by atoms with van der Waals surface area (Å²) in [5, 5.41) is 5.66. The van der Waals surface area contributed by atoms with Gasteiger partial charge >= 0.3 is 12.1 Å². The average Bonchev–Trinajstić information content (AvgIpc) is 2.99. The number of ether oxygens (including phenoxy) is 2. The molecule has 256 valence electrons. The molecule has 0 aromatic carbocycles. The number of allylic oxidation sites excluding steroid dienone is 6. The van der Waals surface area contributed by atoms with Gasteiger partial charge in [-0.05, 0) is 38.9 Å². The second-order valence-corrected chi connectivity index (χ2v) is 15.0. The number of hydrogen-bond donors (Lipinski definition) is 2. The Kier molecular flexibility index (Phi) is 20.1. The third-order valence-corrected chi connectivity index (χ3v) is 9.02. The van der Waals surface area contributed by atoms with Gasteiger partial charge < -0.3 is 20.1 Å². The molecule has 0 radical (unpaired) electrons. The first-order valence-corrected chi connectivity index (χ1v) is 18.6. The summed E-state index contributed by atoms with van der Waals surface area (Å²) in [6, 6.07) is -0.679. The van der Waals surface area contributed by atoms with Crippen LogP contribution < -0.4 is 10.6 Å². The molecule has 10 heteroatoms. The van der Waals surface area contributed by atoms with Crippen molar-refractivity contribution < 1.29 is 28.7 Å². The van der Waals surface area contributed by atoms with Crippen LogP contribution in [0.5, 0.6) is 0 Å². The molecular formula is C36H54N2O6S2. The summed E-state index contributed by atoms with van der Waals surface area (Å²) in [6.45, 7) is 13.9. The minimum Gasteiger partial charge on any atom is -0.458 e. The first-order chi connectivity index (χ1) is 21.8. The molecule has 0 fully saturated rings. The molecule has 2 amide bonds. The normalized spacial score (nSPS) is 18.1. The van der Waals surface area contributed by atoms with Gasteiger partial charge in [-0.3, -0.25) is 9.59 Å². The molecule has 1 aliphatic heterocycles. The van der Waals surface area contributed by atoms with Gasteiger partial charge in [-0.25, -0.2) is 9.59 Å². The Labute approximate surface area is 284 Å². The third kappa shape index (κ3) is 17.6. The number of amides is 2. The lowest BCUT2D eigenvalue weighted by molar-refractivity contribution is -0.147. The van der Waals surface area contributed by atoms with Crippen LogP contribution in [0.15, 0.2) is 71.9 Å². The highest BCUT2D eigenvalue weighted by Gasteiger charge is 2.31. The zero-order chi connectivity index (χ0) is 34.5. The van der Waals surface area contributed by atoms with E-state index < -0.39 is 17.6 Å². The second-order valence-electron chi connectivity index (χ2n) is 12.3. The minimum absolute atomic E-state index is 0.0488. The van der Waals surface area contributed by atoms with Gasteiger partial charge in [0.1, 0.15) is 12.2 Å². The van der Waals surface area contributed by atoms with Gasteiger partial charge in [0.2, 0.25) is 5.91 Å². The molecule has 1 aliphatic rings. The van der Waals surface area contributed by atoms with Crippen molar-refractivity contribution in [1.82, 2.24) is 10.6 Å². The van der Waals surface area contributed by atoms with Gasteiger partial charge in [-0.15, -0.1) is 0 Å². The third-order valence-electron chi connectivity index (χ3n) is 7.13. The molecule has 0 saturated carbocycles. The standard InChI is InChI=1S/C36H54N2O6S2/c1-9-10-17-29(43-35(42)37-23-15-24-46-45-8)18-12-13-19-30(39)33(36(5,6)7)38-32(40)20-14-11-16-26(2)25-28(4)31-22-21-27(3)34(41)44-31/h9-14,16,20-21,25,28-29,31,33H,15,17-19,22-24H2,1-8H3,(H,37,42)(H,38,40)/b10-9-,13-12-,16-11-,20-14-,26-25+/t28-,29-,31-,33+/m0/s1. The van der Waals surface area contributed by atoms with E-state index in [-0.39, 0.29) is 42.2 Å². The molecule has 8 nitrogen and oxygen atoms in total. The van der Waals surface area contributed by atoms with E-state index in [0.717, 1.165) is 17.7 Å². The first kappa shape index (κ1) is 41.0. The number of carbonyl (C=O) groups is 4. The molecule has 0 bridgehead atoms. The van der Waals surface area contributed by atoms with Gasteiger partial charge in [-0.1, -0.05) is 110 Å². The lowest BCUT2D eigenvalue weighted by atomic mass is 9.83. The maximum Gasteiger partial charge on any atom is 0.407 e. The van der Waals surface area contributed by atoms with E-state index in [1.165, 1.54) is 6.08 Å². The van der Waals surface area contributed by atoms with Gasteiger partial charge in [0.05, 0.1) is 6.04 Å². The van der Waals surface area contributed by atoms with Crippen molar-refractivity contribution in [3.63, 3.8) is 0 Å². The molecule has 1 heterocycles. The maximum atomic E-state index is 13.1. The van der Waals surface area contributed by atoms with Crippen molar-refractivity contribution in [3.05, 3.63) is 71.9 Å². The number of esters is 1. The predicted molar refractivity (Wildman–Crippen MR) is 193 cm³/mol. The molecule has 0 aromatic heterocycles. The molecule has 46 heavy (non-hydrogen) atoms. The van der Waals surface area contributed by atoms with Crippen LogP contribution in [0.2, 0.25) is 0 Å². The van der Waals surface area contributed by atoms with E-state index in [2.05, 4.69) is 10.6 Å². The van der Waals surface area contributed by atoms with E-state index >= 15 is 0 Å².